The number of hydrogen-bond acceptors (Lipinski definition) is 3. The molecule has 0 radical (unpaired) electrons. The van der Waals surface area contributed by atoms with E-state index in [0.717, 1.165) is 28.6 Å². The predicted molar refractivity (Wildman–Crippen MR) is 63.5 cm³/mol. The van der Waals surface area contributed by atoms with Gasteiger partial charge in [-0.3, -0.25) is 4.79 Å². The van der Waals surface area contributed by atoms with Crippen molar-refractivity contribution in [3.63, 3.8) is 0 Å². The summed E-state index contributed by atoms with van der Waals surface area (Å²) < 4.78 is 0. The molecule has 15 heavy (non-hydrogen) atoms. The average molecular weight is 219 g/mol. The van der Waals surface area contributed by atoms with Gasteiger partial charge >= 0.3 is 0 Å². The van der Waals surface area contributed by atoms with Crippen molar-refractivity contribution in [2.45, 2.75) is 12.8 Å². The van der Waals surface area contributed by atoms with Gasteiger partial charge in [0.05, 0.1) is 16.4 Å². The molecule has 78 valence electrons. The topological polar surface area (TPSA) is 20.3 Å². The standard InChI is InChI=1S/C12H13NOS/c1-2-7-13(8-10-3-4-10)12-6-5-11(9-14)15-12/h1,5-6,9-10H,3-4,7-8H2. The number of anilines is 1. The van der Waals surface area contributed by atoms with Crippen molar-refractivity contribution >= 4 is 22.6 Å². The highest BCUT2D eigenvalue weighted by molar-refractivity contribution is 7.17. The number of hydrogen-bond donors (Lipinski definition) is 0. The molecule has 1 fully saturated rings. The van der Waals surface area contributed by atoms with Crippen LogP contribution in [0.15, 0.2) is 12.1 Å². The summed E-state index contributed by atoms with van der Waals surface area (Å²) in [7, 11) is 0. The molecule has 0 aromatic carbocycles. The van der Waals surface area contributed by atoms with Gasteiger partial charge in [0.15, 0.2) is 6.29 Å². The fraction of sp³-hybridized carbons (Fsp3) is 0.417. The number of thiophene rings is 1. The Bertz CT molecular complexity index is 387. The molecule has 1 aromatic heterocycles. The highest BCUT2D eigenvalue weighted by Gasteiger charge is 2.24. The van der Waals surface area contributed by atoms with E-state index in [9.17, 15) is 4.79 Å². The minimum absolute atomic E-state index is 0.634. The summed E-state index contributed by atoms with van der Waals surface area (Å²) in [6.45, 7) is 1.67. The molecule has 0 saturated heterocycles. The van der Waals surface area contributed by atoms with Gasteiger partial charge in [0.25, 0.3) is 0 Å². The van der Waals surface area contributed by atoms with E-state index in [4.69, 9.17) is 6.42 Å². The summed E-state index contributed by atoms with van der Waals surface area (Å²) in [5.41, 5.74) is 0. The summed E-state index contributed by atoms with van der Waals surface area (Å²) >= 11 is 1.51. The highest BCUT2D eigenvalue weighted by Crippen LogP contribution is 2.33. The third kappa shape index (κ3) is 2.60. The molecule has 0 aliphatic heterocycles. The van der Waals surface area contributed by atoms with Crippen LogP contribution in [0.1, 0.15) is 22.5 Å². The Morgan fingerprint density at radius 1 is 1.60 bits per heavy atom. The third-order valence-electron chi connectivity index (χ3n) is 2.50. The van der Waals surface area contributed by atoms with Crippen molar-refractivity contribution in [1.82, 2.24) is 0 Å². The maximum absolute atomic E-state index is 10.6. The fourth-order valence-corrected chi connectivity index (χ4v) is 2.36. The van der Waals surface area contributed by atoms with Crippen molar-refractivity contribution in [1.29, 1.82) is 0 Å². The van der Waals surface area contributed by atoms with E-state index in [1.54, 1.807) is 0 Å². The van der Waals surface area contributed by atoms with Crippen LogP contribution in [0.3, 0.4) is 0 Å². The Kier molecular flexibility index (Phi) is 3.08. The number of nitrogens with zero attached hydrogens (tertiary/aromatic N) is 1. The molecular weight excluding hydrogens is 206 g/mol. The van der Waals surface area contributed by atoms with Crippen LogP contribution < -0.4 is 4.90 Å². The molecule has 0 N–H and O–H groups in total. The Morgan fingerprint density at radius 3 is 2.93 bits per heavy atom. The smallest absolute Gasteiger partial charge is 0.160 e. The lowest BCUT2D eigenvalue weighted by Gasteiger charge is -2.19. The van der Waals surface area contributed by atoms with Gasteiger partial charge in [-0.1, -0.05) is 5.92 Å². The largest absolute Gasteiger partial charge is 0.352 e. The number of aldehydes is 1. The maximum atomic E-state index is 10.6. The van der Waals surface area contributed by atoms with E-state index in [-0.39, 0.29) is 0 Å². The molecule has 0 atom stereocenters. The summed E-state index contributed by atoms with van der Waals surface area (Å²) in [5, 5.41) is 1.11. The van der Waals surface area contributed by atoms with Crippen LogP contribution in [0.2, 0.25) is 0 Å². The quantitative estimate of drug-likeness (QED) is 0.560. The van der Waals surface area contributed by atoms with Crippen molar-refractivity contribution in [2.24, 2.45) is 5.92 Å². The van der Waals surface area contributed by atoms with E-state index in [1.807, 2.05) is 12.1 Å². The number of rotatable bonds is 5. The number of carbonyl (C=O) groups excluding carboxylic acids is 1. The Morgan fingerprint density at radius 2 is 2.40 bits per heavy atom. The molecule has 2 nitrogen and oxygen atoms in total. The first-order valence-corrected chi connectivity index (χ1v) is 5.88. The van der Waals surface area contributed by atoms with Crippen LogP contribution in [-0.2, 0) is 0 Å². The van der Waals surface area contributed by atoms with Crippen LogP contribution in [0.4, 0.5) is 5.00 Å². The molecule has 0 amide bonds. The first-order valence-electron chi connectivity index (χ1n) is 5.07. The van der Waals surface area contributed by atoms with Crippen LogP contribution in [0.5, 0.6) is 0 Å². The highest BCUT2D eigenvalue weighted by atomic mass is 32.1. The van der Waals surface area contributed by atoms with Gasteiger partial charge < -0.3 is 4.90 Å². The second-order valence-corrected chi connectivity index (χ2v) is 4.92. The van der Waals surface area contributed by atoms with Gasteiger partial charge in [-0.25, -0.2) is 0 Å². The molecule has 0 spiro atoms. The number of terminal acetylenes is 1. The first kappa shape index (κ1) is 10.3. The van der Waals surface area contributed by atoms with Crippen molar-refractivity contribution in [3.05, 3.63) is 17.0 Å². The lowest BCUT2D eigenvalue weighted by Crippen LogP contribution is -2.24. The van der Waals surface area contributed by atoms with Crippen molar-refractivity contribution in [3.8, 4) is 12.3 Å². The Hall–Kier alpha value is -1.27. The average Bonchev–Trinajstić information content (AvgIpc) is 2.94. The second-order valence-electron chi connectivity index (χ2n) is 3.82. The van der Waals surface area contributed by atoms with E-state index in [2.05, 4.69) is 10.8 Å². The lowest BCUT2D eigenvalue weighted by atomic mass is 10.3. The third-order valence-corrected chi connectivity index (χ3v) is 3.57. The second kappa shape index (κ2) is 4.50. The SMILES string of the molecule is C#CCN(CC1CC1)c1ccc(C=O)s1. The molecule has 3 heteroatoms. The Labute approximate surface area is 93.9 Å². The molecule has 0 bridgehead atoms. The zero-order valence-corrected chi connectivity index (χ0v) is 9.30. The van der Waals surface area contributed by atoms with E-state index in [0.29, 0.717) is 6.54 Å². The van der Waals surface area contributed by atoms with Crippen LogP contribution in [-0.4, -0.2) is 19.4 Å². The van der Waals surface area contributed by atoms with Gasteiger partial charge in [0.1, 0.15) is 0 Å². The molecule has 1 aliphatic carbocycles. The van der Waals surface area contributed by atoms with Crippen molar-refractivity contribution in [2.75, 3.05) is 18.0 Å². The van der Waals surface area contributed by atoms with E-state index in [1.165, 1.54) is 24.2 Å². The first-order chi connectivity index (χ1) is 7.33. The van der Waals surface area contributed by atoms with Gasteiger partial charge in [0.2, 0.25) is 0 Å². The summed E-state index contributed by atoms with van der Waals surface area (Å²) in [6.07, 6.45) is 8.86. The minimum atomic E-state index is 0.634. The van der Waals surface area contributed by atoms with Gasteiger partial charge in [-0.05, 0) is 30.9 Å². The van der Waals surface area contributed by atoms with E-state index < -0.39 is 0 Å². The molecule has 1 aliphatic rings. The summed E-state index contributed by atoms with van der Waals surface area (Å²) in [6, 6.07) is 3.83. The van der Waals surface area contributed by atoms with Gasteiger partial charge in [0, 0.05) is 6.54 Å². The predicted octanol–water partition coefficient (Wildman–Crippen LogP) is 2.41. The Balaban J connectivity index is 2.08. The molecule has 1 aromatic rings. The monoisotopic (exact) mass is 219 g/mol. The fourth-order valence-electron chi connectivity index (χ4n) is 1.53. The number of carbonyl (C=O) groups is 1. The van der Waals surface area contributed by atoms with Crippen molar-refractivity contribution < 1.29 is 4.79 Å². The molecular formula is C12H13NOS. The molecule has 1 heterocycles. The summed E-state index contributed by atoms with van der Waals surface area (Å²) in [5.74, 6) is 3.48. The summed E-state index contributed by atoms with van der Waals surface area (Å²) in [4.78, 5) is 13.5. The normalized spacial score (nSPS) is 14.6. The zero-order valence-electron chi connectivity index (χ0n) is 8.48. The zero-order chi connectivity index (χ0) is 10.7. The van der Waals surface area contributed by atoms with E-state index >= 15 is 0 Å². The minimum Gasteiger partial charge on any atom is -0.352 e. The maximum Gasteiger partial charge on any atom is 0.160 e. The van der Waals surface area contributed by atoms with Crippen LogP contribution in [0, 0.1) is 18.3 Å². The molecule has 1 saturated carbocycles. The van der Waals surface area contributed by atoms with Gasteiger partial charge in [-0.2, -0.15) is 0 Å². The van der Waals surface area contributed by atoms with Crippen LogP contribution in [0.25, 0.3) is 0 Å². The van der Waals surface area contributed by atoms with Crippen LogP contribution >= 0.6 is 11.3 Å². The molecule has 0 unspecified atom stereocenters. The van der Waals surface area contributed by atoms with Gasteiger partial charge in [-0.15, -0.1) is 17.8 Å². The lowest BCUT2D eigenvalue weighted by molar-refractivity contribution is 0.112. The molecule has 2 rings (SSSR count).